The van der Waals surface area contributed by atoms with Crippen LogP contribution in [0.3, 0.4) is 0 Å². The summed E-state index contributed by atoms with van der Waals surface area (Å²) >= 11 is 0. The molecule has 1 unspecified atom stereocenters. The number of amides is 2. The van der Waals surface area contributed by atoms with E-state index in [1.54, 1.807) is 0 Å². The van der Waals surface area contributed by atoms with Gasteiger partial charge in [0.25, 0.3) is 0 Å². The number of fused-ring (bicyclic) bond motifs is 1. The van der Waals surface area contributed by atoms with E-state index in [9.17, 15) is 23.1 Å². The molecule has 1 aliphatic rings. The molecule has 2 aromatic carbocycles. The van der Waals surface area contributed by atoms with Crippen molar-refractivity contribution in [3.63, 3.8) is 0 Å². The molecule has 0 radical (unpaired) electrons. The first-order valence-electron chi connectivity index (χ1n) is 8.26. The Morgan fingerprint density at radius 2 is 1.73 bits per heavy atom. The van der Waals surface area contributed by atoms with Crippen molar-refractivity contribution >= 4 is 11.7 Å². The van der Waals surface area contributed by atoms with Crippen LogP contribution in [0.5, 0.6) is 0 Å². The molecule has 0 bridgehead atoms. The maximum atomic E-state index is 12.5. The zero-order valence-corrected chi connectivity index (χ0v) is 13.9. The fourth-order valence-corrected chi connectivity index (χ4v) is 3.10. The molecule has 0 aliphatic heterocycles. The van der Waals surface area contributed by atoms with Gasteiger partial charge < -0.3 is 15.7 Å². The van der Waals surface area contributed by atoms with E-state index in [1.165, 1.54) is 17.7 Å². The second-order valence-electron chi connectivity index (χ2n) is 6.55. The van der Waals surface area contributed by atoms with Crippen molar-refractivity contribution in [1.29, 1.82) is 0 Å². The summed E-state index contributed by atoms with van der Waals surface area (Å²) < 4.78 is 37.6. The van der Waals surface area contributed by atoms with Crippen molar-refractivity contribution in [2.24, 2.45) is 0 Å². The Bertz CT molecular complexity index is 790. The number of carbonyl (C=O) groups excluding carboxylic acids is 1. The van der Waals surface area contributed by atoms with Gasteiger partial charge in [-0.2, -0.15) is 13.2 Å². The van der Waals surface area contributed by atoms with Gasteiger partial charge in [-0.15, -0.1) is 0 Å². The molecule has 3 N–H and O–H groups in total. The van der Waals surface area contributed by atoms with E-state index in [4.69, 9.17) is 0 Å². The summed E-state index contributed by atoms with van der Waals surface area (Å²) in [6.07, 6.45) is -2.70. The lowest BCUT2D eigenvalue weighted by Crippen LogP contribution is -2.47. The predicted molar refractivity (Wildman–Crippen MR) is 91.9 cm³/mol. The quantitative estimate of drug-likeness (QED) is 0.777. The lowest BCUT2D eigenvalue weighted by atomic mass is 9.80. The number of anilines is 1. The average Bonchev–Trinajstić information content (AvgIpc) is 2.60. The fourth-order valence-electron chi connectivity index (χ4n) is 3.10. The highest BCUT2D eigenvalue weighted by Crippen LogP contribution is 2.30. The number of hydrogen-bond acceptors (Lipinski definition) is 2. The standard InChI is InChI=1S/C19H19F3N2O2/c20-19(21,22)15-5-7-16(8-6-15)24-17(25)23-12-18(26)10-9-13-3-1-2-4-14(13)11-18/h1-8,26H,9-12H2,(H2,23,24,25). The van der Waals surface area contributed by atoms with Crippen molar-refractivity contribution < 1.29 is 23.1 Å². The van der Waals surface area contributed by atoms with E-state index in [0.29, 0.717) is 12.8 Å². The average molecular weight is 364 g/mol. The third-order valence-electron chi connectivity index (χ3n) is 4.55. The Balaban J connectivity index is 1.54. The number of urea groups is 1. The number of carbonyl (C=O) groups is 1. The number of aliphatic hydroxyl groups is 1. The summed E-state index contributed by atoms with van der Waals surface area (Å²) in [7, 11) is 0. The molecule has 2 aromatic rings. The van der Waals surface area contributed by atoms with Crippen LogP contribution in [-0.2, 0) is 19.0 Å². The fraction of sp³-hybridized carbons (Fsp3) is 0.316. The number of hydrogen-bond donors (Lipinski definition) is 3. The molecule has 138 valence electrons. The summed E-state index contributed by atoms with van der Waals surface area (Å²) in [6.45, 7) is 0.0633. The largest absolute Gasteiger partial charge is 0.416 e. The molecule has 1 aliphatic carbocycles. The summed E-state index contributed by atoms with van der Waals surface area (Å²) in [4.78, 5) is 12.0. The maximum absolute atomic E-state index is 12.5. The third-order valence-corrected chi connectivity index (χ3v) is 4.55. The number of nitrogens with one attached hydrogen (secondary N) is 2. The maximum Gasteiger partial charge on any atom is 0.416 e. The van der Waals surface area contributed by atoms with Crippen LogP contribution in [-0.4, -0.2) is 23.3 Å². The highest BCUT2D eigenvalue weighted by atomic mass is 19.4. The van der Waals surface area contributed by atoms with Crippen LogP contribution in [0.1, 0.15) is 23.1 Å². The lowest BCUT2D eigenvalue weighted by molar-refractivity contribution is -0.137. The minimum Gasteiger partial charge on any atom is -0.388 e. The molecule has 1 atom stereocenters. The zero-order valence-electron chi connectivity index (χ0n) is 13.9. The zero-order chi connectivity index (χ0) is 18.8. The van der Waals surface area contributed by atoms with Crippen molar-refractivity contribution in [2.45, 2.75) is 31.0 Å². The Morgan fingerprint density at radius 1 is 1.08 bits per heavy atom. The Labute approximate surface area is 149 Å². The van der Waals surface area contributed by atoms with Gasteiger partial charge in [-0.05, 0) is 48.2 Å². The number of benzene rings is 2. The Hall–Kier alpha value is -2.54. The van der Waals surface area contributed by atoms with Crippen LogP contribution >= 0.6 is 0 Å². The smallest absolute Gasteiger partial charge is 0.388 e. The number of halogens is 3. The number of rotatable bonds is 3. The normalized spacial score (nSPS) is 19.5. The monoisotopic (exact) mass is 364 g/mol. The Morgan fingerprint density at radius 3 is 2.38 bits per heavy atom. The van der Waals surface area contributed by atoms with Crippen LogP contribution in [0.25, 0.3) is 0 Å². The molecule has 3 rings (SSSR count). The van der Waals surface area contributed by atoms with Crippen LogP contribution in [0.2, 0.25) is 0 Å². The highest BCUT2D eigenvalue weighted by molar-refractivity contribution is 5.89. The first-order chi connectivity index (χ1) is 12.3. The summed E-state index contributed by atoms with van der Waals surface area (Å²) in [5.74, 6) is 0. The molecule has 0 saturated heterocycles. The minimum absolute atomic E-state index is 0.0633. The van der Waals surface area contributed by atoms with Gasteiger partial charge in [-0.1, -0.05) is 24.3 Å². The molecule has 26 heavy (non-hydrogen) atoms. The van der Waals surface area contributed by atoms with Gasteiger partial charge in [-0.25, -0.2) is 4.79 Å². The molecule has 0 spiro atoms. The molecular weight excluding hydrogens is 345 g/mol. The molecule has 2 amide bonds. The van der Waals surface area contributed by atoms with Crippen LogP contribution in [0.15, 0.2) is 48.5 Å². The second kappa shape index (κ2) is 6.99. The van der Waals surface area contributed by atoms with Crippen molar-refractivity contribution in [3.8, 4) is 0 Å². The van der Waals surface area contributed by atoms with Crippen LogP contribution < -0.4 is 10.6 Å². The van der Waals surface area contributed by atoms with Gasteiger partial charge in [0.05, 0.1) is 11.2 Å². The van der Waals surface area contributed by atoms with Gasteiger partial charge >= 0.3 is 12.2 Å². The summed E-state index contributed by atoms with van der Waals surface area (Å²) in [5, 5.41) is 15.8. The van der Waals surface area contributed by atoms with E-state index in [1.807, 2.05) is 24.3 Å². The first kappa shape index (κ1) is 18.3. The van der Waals surface area contributed by atoms with E-state index < -0.39 is 23.4 Å². The predicted octanol–water partition coefficient (Wildman–Crippen LogP) is 3.75. The van der Waals surface area contributed by atoms with E-state index in [2.05, 4.69) is 10.6 Å². The third kappa shape index (κ3) is 4.35. The second-order valence-corrected chi connectivity index (χ2v) is 6.55. The number of alkyl halides is 3. The van der Waals surface area contributed by atoms with Crippen LogP contribution in [0, 0.1) is 0 Å². The van der Waals surface area contributed by atoms with Gasteiger partial charge in [0.1, 0.15) is 0 Å². The highest BCUT2D eigenvalue weighted by Gasteiger charge is 2.32. The summed E-state index contributed by atoms with van der Waals surface area (Å²) in [5.41, 5.74) is 0.693. The van der Waals surface area contributed by atoms with Gasteiger partial charge in [0, 0.05) is 18.7 Å². The Kier molecular flexibility index (Phi) is 4.91. The molecular formula is C19H19F3N2O2. The van der Waals surface area contributed by atoms with Gasteiger partial charge in [0.15, 0.2) is 0 Å². The molecule has 4 nitrogen and oxygen atoms in total. The SMILES string of the molecule is O=C(NCC1(O)CCc2ccccc2C1)Nc1ccc(C(F)(F)F)cc1. The van der Waals surface area contributed by atoms with Crippen molar-refractivity contribution in [3.05, 3.63) is 65.2 Å². The van der Waals surface area contributed by atoms with E-state index >= 15 is 0 Å². The molecule has 0 saturated carbocycles. The van der Waals surface area contributed by atoms with Crippen molar-refractivity contribution in [2.75, 3.05) is 11.9 Å². The minimum atomic E-state index is -4.42. The molecule has 0 heterocycles. The number of aryl methyl sites for hydroxylation is 1. The lowest BCUT2D eigenvalue weighted by Gasteiger charge is -2.33. The molecule has 0 fully saturated rings. The van der Waals surface area contributed by atoms with E-state index in [0.717, 1.165) is 24.1 Å². The molecule has 0 aromatic heterocycles. The topological polar surface area (TPSA) is 61.4 Å². The van der Waals surface area contributed by atoms with Crippen LogP contribution in [0.4, 0.5) is 23.7 Å². The summed E-state index contributed by atoms with van der Waals surface area (Å²) in [6, 6.07) is 11.5. The van der Waals surface area contributed by atoms with E-state index in [-0.39, 0.29) is 12.2 Å². The van der Waals surface area contributed by atoms with Gasteiger partial charge in [-0.3, -0.25) is 0 Å². The first-order valence-corrected chi connectivity index (χ1v) is 8.26. The van der Waals surface area contributed by atoms with Gasteiger partial charge in [0.2, 0.25) is 0 Å². The molecule has 7 heteroatoms. The van der Waals surface area contributed by atoms with Crippen molar-refractivity contribution in [1.82, 2.24) is 5.32 Å².